The fourth-order valence-corrected chi connectivity index (χ4v) is 1.67. The summed E-state index contributed by atoms with van der Waals surface area (Å²) in [5, 5.41) is 2.42. The topological polar surface area (TPSA) is 47.9 Å². The second-order valence-electron chi connectivity index (χ2n) is 3.97. The monoisotopic (exact) mass is 231 g/mol. The van der Waals surface area contributed by atoms with Crippen molar-refractivity contribution in [3.8, 4) is 0 Å². The largest absolute Gasteiger partial charge is 0.341 e. The van der Waals surface area contributed by atoms with Crippen LogP contribution in [0, 0.1) is 4.91 Å². The Morgan fingerprint density at radius 3 is 2.19 bits per heavy atom. The van der Waals surface area contributed by atoms with Gasteiger partial charge < -0.3 is 9.57 Å². The normalized spacial score (nSPS) is 12.4. The Bertz CT molecular complexity index is 153. The van der Waals surface area contributed by atoms with E-state index in [2.05, 4.69) is 17.1 Å². The molecule has 0 saturated carbocycles. The van der Waals surface area contributed by atoms with E-state index in [9.17, 15) is 4.91 Å². The van der Waals surface area contributed by atoms with Gasteiger partial charge in [0.25, 0.3) is 0 Å². The van der Waals surface area contributed by atoms with Crippen molar-refractivity contribution < 1.29 is 9.57 Å². The highest BCUT2D eigenvalue weighted by Gasteiger charge is 2.08. The van der Waals surface area contributed by atoms with E-state index in [1.54, 1.807) is 0 Å². The summed E-state index contributed by atoms with van der Waals surface area (Å²) in [5.74, 6) is 0. The van der Waals surface area contributed by atoms with E-state index in [4.69, 9.17) is 4.74 Å². The van der Waals surface area contributed by atoms with Crippen LogP contribution < -0.4 is 0 Å². The average Bonchev–Trinajstić information content (AvgIpc) is 2.28. The van der Waals surface area contributed by atoms with Crippen LogP contribution in [0.1, 0.15) is 65.2 Å². The minimum Gasteiger partial charge on any atom is -0.341 e. The van der Waals surface area contributed by atoms with E-state index in [1.165, 1.54) is 38.5 Å². The molecule has 0 aliphatic carbocycles. The van der Waals surface area contributed by atoms with Crippen molar-refractivity contribution in [2.45, 2.75) is 71.5 Å². The maximum Gasteiger partial charge on any atom is 0.230 e. The highest BCUT2D eigenvalue weighted by atomic mass is 16.8. The van der Waals surface area contributed by atoms with Gasteiger partial charge in [-0.2, -0.15) is 0 Å². The number of rotatable bonds is 12. The summed E-state index contributed by atoms with van der Waals surface area (Å²) >= 11 is 0. The first-order valence-corrected chi connectivity index (χ1v) is 6.45. The SMILES string of the molecule is CCCCCCCCCC(OCC)ON=O. The lowest BCUT2D eigenvalue weighted by atomic mass is 10.1. The van der Waals surface area contributed by atoms with Gasteiger partial charge in [-0.25, -0.2) is 0 Å². The molecule has 4 nitrogen and oxygen atoms in total. The number of hydrogen-bond acceptors (Lipinski definition) is 4. The summed E-state index contributed by atoms with van der Waals surface area (Å²) < 4.78 is 5.21. The molecule has 0 rings (SSSR count). The second kappa shape index (κ2) is 12.4. The van der Waals surface area contributed by atoms with Gasteiger partial charge in [0.1, 0.15) is 0 Å². The first-order valence-electron chi connectivity index (χ1n) is 6.45. The Morgan fingerprint density at radius 1 is 1.00 bits per heavy atom. The van der Waals surface area contributed by atoms with Crippen LogP contribution in [0.3, 0.4) is 0 Å². The maximum absolute atomic E-state index is 9.94. The van der Waals surface area contributed by atoms with Crippen molar-refractivity contribution in [2.75, 3.05) is 6.61 Å². The highest BCUT2D eigenvalue weighted by molar-refractivity contribution is 4.49. The van der Waals surface area contributed by atoms with E-state index in [1.807, 2.05) is 6.92 Å². The molecule has 0 heterocycles. The van der Waals surface area contributed by atoms with Gasteiger partial charge in [-0.05, 0) is 13.3 Å². The molecule has 96 valence electrons. The molecule has 0 aromatic carbocycles. The van der Waals surface area contributed by atoms with Crippen molar-refractivity contribution in [1.29, 1.82) is 0 Å². The lowest BCUT2D eigenvalue weighted by Crippen LogP contribution is -2.14. The van der Waals surface area contributed by atoms with Crippen molar-refractivity contribution in [2.24, 2.45) is 5.34 Å². The molecular weight excluding hydrogens is 206 g/mol. The molecule has 0 N–H and O–H groups in total. The Labute approximate surface area is 98.6 Å². The molecule has 16 heavy (non-hydrogen) atoms. The molecule has 0 spiro atoms. The van der Waals surface area contributed by atoms with Gasteiger partial charge in [0.15, 0.2) is 5.34 Å². The standard InChI is InChI=1S/C12H25NO3/c1-3-5-6-7-8-9-10-11-12(15-4-2)16-13-14/h12H,3-11H2,1-2H3. The summed E-state index contributed by atoms with van der Waals surface area (Å²) in [5.41, 5.74) is 0. The predicted octanol–water partition coefficient (Wildman–Crippen LogP) is 4.19. The third kappa shape index (κ3) is 9.90. The number of nitrogens with zero attached hydrogens (tertiary/aromatic N) is 1. The van der Waals surface area contributed by atoms with Gasteiger partial charge in [-0.1, -0.05) is 45.4 Å². The summed E-state index contributed by atoms with van der Waals surface area (Å²) in [6, 6.07) is 0. The molecule has 0 aromatic rings. The molecular formula is C12H25NO3. The Hall–Kier alpha value is -0.640. The quantitative estimate of drug-likeness (QED) is 0.219. The molecule has 1 atom stereocenters. The van der Waals surface area contributed by atoms with E-state index >= 15 is 0 Å². The van der Waals surface area contributed by atoms with Crippen molar-refractivity contribution in [3.05, 3.63) is 4.91 Å². The van der Waals surface area contributed by atoms with Crippen LogP contribution in [-0.2, 0) is 9.57 Å². The number of ether oxygens (including phenoxy) is 1. The lowest BCUT2D eigenvalue weighted by Gasteiger charge is -2.12. The Balaban J connectivity index is 3.29. The summed E-state index contributed by atoms with van der Waals surface area (Å²) in [6.45, 7) is 4.65. The Morgan fingerprint density at radius 2 is 1.62 bits per heavy atom. The van der Waals surface area contributed by atoms with Gasteiger partial charge in [-0.3, -0.25) is 0 Å². The van der Waals surface area contributed by atoms with Gasteiger partial charge in [0.2, 0.25) is 6.29 Å². The van der Waals surface area contributed by atoms with E-state index in [-0.39, 0.29) is 0 Å². The zero-order chi connectivity index (χ0) is 12.1. The Kier molecular flexibility index (Phi) is 11.9. The molecule has 0 aliphatic rings. The highest BCUT2D eigenvalue weighted by Crippen LogP contribution is 2.12. The fraction of sp³-hybridized carbons (Fsp3) is 1.00. The summed E-state index contributed by atoms with van der Waals surface area (Å²) in [4.78, 5) is 14.5. The maximum atomic E-state index is 9.94. The van der Waals surface area contributed by atoms with Crippen molar-refractivity contribution in [3.63, 3.8) is 0 Å². The van der Waals surface area contributed by atoms with Gasteiger partial charge in [0, 0.05) is 13.0 Å². The van der Waals surface area contributed by atoms with E-state index < -0.39 is 6.29 Å². The lowest BCUT2D eigenvalue weighted by molar-refractivity contribution is -0.144. The molecule has 4 heteroatoms. The van der Waals surface area contributed by atoms with Gasteiger partial charge in [-0.15, -0.1) is 4.91 Å². The molecule has 1 unspecified atom stereocenters. The van der Waals surface area contributed by atoms with E-state index in [0.717, 1.165) is 12.8 Å². The molecule has 0 saturated heterocycles. The molecule has 0 radical (unpaired) electrons. The van der Waals surface area contributed by atoms with Crippen molar-refractivity contribution in [1.82, 2.24) is 0 Å². The number of unbranched alkanes of at least 4 members (excludes halogenated alkanes) is 6. The third-order valence-corrected chi connectivity index (χ3v) is 2.56. The zero-order valence-corrected chi connectivity index (χ0v) is 10.6. The zero-order valence-electron chi connectivity index (χ0n) is 10.6. The minimum atomic E-state index is -0.446. The molecule has 0 bridgehead atoms. The van der Waals surface area contributed by atoms with Crippen LogP contribution in [0.5, 0.6) is 0 Å². The van der Waals surface area contributed by atoms with Crippen molar-refractivity contribution >= 4 is 0 Å². The fourth-order valence-electron chi connectivity index (χ4n) is 1.67. The summed E-state index contributed by atoms with van der Waals surface area (Å²) in [6.07, 6.45) is 9.03. The first-order chi connectivity index (χ1) is 7.85. The van der Waals surface area contributed by atoms with E-state index in [0.29, 0.717) is 6.61 Å². The summed E-state index contributed by atoms with van der Waals surface area (Å²) in [7, 11) is 0. The van der Waals surface area contributed by atoms with Crippen LogP contribution in [0.2, 0.25) is 0 Å². The van der Waals surface area contributed by atoms with Crippen LogP contribution in [-0.4, -0.2) is 12.9 Å². The average molecular weight is 231 g/mol. The van der Waals surface area contributed by atoms with Gasteiger partial charge in [0.05, 0.1) is 0 Å². The van der Waals surface area contributed by atoms with Crippen LogP contribution in [0.4, 0.5) is 0 Å². The molecule has 0 fully saturated rings. The molecule has 0 aromatic heterocycles. The molecule has 0 amide bonds. The third-order valence-electron chi connectivity index (χ3n) is 2.56. The smallest absolute Gasteiger partial charge is 0.230 e. The number of hydrogen-bond donors (Lipinski definition) is 0. The van der Waals surface area contributed by atoms with Crippen LogP contribution >= 0.6 is 0 Å². The second-order valence-corrected chi connectivity index (χ2v) is 3.97. The predicted molar refractivity (Wildman–Crippen MR) is 64.9 cm³/mol. The van der Waals surface area contributed by atoms with Crippen LogP contribution in [0.25, 0.3) is 0 Å². The van der Waals surface area contributed by atoms with Gasteiger partial charge >= 0.3 is 0 Å². The molecule has 0 aliphatic heterocycles. The first kappa shape index (κ1) is 15.4. The van der Waals surface area contributed by atoms with Crippen LogP contribution in [0.15, 0.2) is 5.34 Å². The minimum absolute atomic E-state index is 0.446.